The van der Waals surface area contributed by atoms with Crippen molar-refractivity contribution in [3.63, 3.8) is 0 Å². The molecule has 1 aliphatic rings. The number of hydrogen-bond acceptors (Lipinski definition) is 3. The average Bonchev–Trinajstić information content (AvgIpc) is 2.69. The highest BCUT2D eigenvalue weighted by molar-refractivity contribution is 5.93. The summed E-state index contributed by atoms with van der Waals surface area (Å²) < 4.78 is 18.4. The molecular weight excluding hydrogens is 333 g/mol. The SMILES string of the molecule is COc1ccccc1N1CC[NH+]([C@@H](C)C(=O)Nc2ccc(F)cc2)CC1. The highest BCUT2D eigenvalue weighted by atomic mass is 19.1. The van der Waals surface area contributed by atoms with Crippen LogP contribution in [-0.4, -0.2) is 45.2 Å². The number of amides is 1. The minimum Gasteiger partial charge on any atom is -0.495 e. The maximum Gasteiger partial charge on any atom is 0.282 e. The number of piperazine rings is 1. The Morgan fingerprint density at radius 3 is 2.46 bits per heavy atom. The molecule has 2 aromatic carbocycles. The number of rotatable bonds is 5. The predicted molar refractivity (Wildman–Crippen MR) is 100 cm³/mol. The van der Waals surface area contributed by atoms with E-state index in [4.69, 9.17) is 4.74 Å². The molecule has 3 rings (SSSR count). The van der Waals surface area contributed by atoms with Crippen molar-refractivity contribution < 1.29 is 18.8 Å². The molecule has 2 N–H and O–H groups in total. The van der Waals surface area contributed by atoms with Gasteiger partial charge in [-0.25, -0.2) is 4.39 Å². The van der Waals surface area contributed by atoms with E-state index < -0.39 is 0 Å². The van der Waals surface area contributed by atoms with Crippen molar-refractivity contribution >= 4 is 17.3 Å². The quantitative estimate of drug-likeness (QED) is 0.853. The Morgan fingerprint density at radius 2 is 1.81 bits per heavy atom. The molecule has 0 aliphatic carbocycles. The molecule has 1 atom stereocenters. The average molecular weight is 358 g/mol. The van der Waals surface area contributed by atoms with Crippen LogP contribution < -0.4 is 19.9 Å². The highest BCUT2D eigenvalue weighted by Crippen LogP contribution is 2.27. The van der Waals surface area contributed by atoms with Crippen LogP contribution in [0.25, 0.3) is 0 Å². The Labute approximate surface area is 153 Å². The smallest absolute Gasteiger partial charge is 0.282 e. The fraction of sp³-hybridized carbons (Fsp3) is 0.350. The second-order valence-corrected chi connectivity index (χ2v) is 6.53. The van der Waals surface area contributed by atoms with Gasteiger partial charge in [-0.05, 0) is 43.3 Å². The summed E-state index contributed by atoms with van der Waals surface area (Å²) in [4.78, 5) is 16.0. The number of quaternary nitrogens is 1. The Bertz CT molecular complexity index is 743. The van der Waals surface area contributed by atoms with E-state index in [1.807, 2.05) is 25.1 Å². The summed E-state index contributed by atoms with van der Waals surface area (Å²) in [5.41, 5.74) is 1.72. The number of benzene rings is 2. The first-order chi connectivity index (χ1) is 12.6. The van der Waals surface area contributed by atoms with Crippen LogP contribution in [0.4, 0.5) is 15.8 Å². The van der Waals surface area contributed by atoms with Crippen LogP contribution in [0.1, 0.15) is 6.92 Å². The first kappa shape index (κ1) is 18.2. The number of para-hydroxylation sites is 2. The fourth-order valence-electron chi connectivity index (χ4n) is 3.33. The molecule has 1 fully saturated rings. The number of anilines is 2. The van der Waals surface area contributed by atoms with Gasteiger partial charge in [0.05, 0.1) is 39.0 Å². The highest BCUT2D eigenvalue weighted by Gasteiger charge is 2.30. The fourth-order valence-corrected chi connectivity index (χ4v) is 3.33. The van der Waals surface area contributed by atoms with Gasteiger partial charge < -0.3 is 19.9 Å². The van der Waals surface area contributed by atoms with E-state index in [-0.39, 0.29) is 17.8 Å². The lowest BCUT2D eigenvalue weighted by Gasteiger charge is -2.36. The second-order valence-electron chi connectivity index (χ2n) is 6.53. The van der Waals surface area contributed by atoms with E-state index in [0.29, 0.717) is 5.69 Å². The van der Waals surface area contributed by atoms with Gasteiger partial charge in [0.25, 0.3) is 5.91 Å². The molecule has 1 saturated heterocycles. The third kappa shape index (κ3) is 4.14. The third-order valence-corrected chi connectivity index (χ3v) is 4.95. The summed E-state index contributed by atoms with van der Waals surface area (Å²) in [6.07, 6.45) is 0. The maximum atomic E-state index is 13.0. The van der Waals surface area contributed by atoms with Crippen LogP contribution in [0, 0.1) is 5.82 Å². The van der Waals surface area contributed by atoms with Crippen LogP contribution >= 0.6 is 0 Å². The third-order valence-electron chi connectivity index (χ3n) is 4.95. The topological polar surface area (TPSA) is 46.0 Å². The standard InChI is InChI=1S/C20H24FN3O2/c1-15(20(25)22-17-9-7-16(21)8-10-17)23-11-13-24(14-12-23)18-5-3-4-6-19(18)26-2/h3-10,15H,11-14H2,1-2H3,(H,22,25)/p+1/t15-/m0/s1. The van der Waals surface area contributed by atoms with E-state index in [9.17, 15) is 9.18 Å². The van der Waals surface area contributed by atoms with Crippen LogP contribution in [0.5, 0.6) is 5.75 Å². The molecule has 0 aromatic heterocycles. The minimum absolute atomic E-state index is 0.0441. The van der Waals surface area contributed by atoms with Gasteiger partial charge >= 0.3 is 0 Å². The van der Waals surface area contributed by atoms with E-state index in [1.165, 1.54) is 17.0 Å². The summed E-state index contributed by atoms with van der Waals surface area (Å²) in [6, 6.07) is 13.7. The number of carbonyl (C=O) groups excluding carboxylic acids is 1. The molecule has 138 valence electrons. The zero-order valence-electron chi connectivity index (χ0n) is 15.2. The van der Waals surface area contributed by atoms with Gasteiger partial charge in [0.2, 0.25) is 0 Å². The van der Waals surface area contributed by atoms with Crippen molar-refractivity contribution in [2.45, 2.75) is 13.0 Å². The number of ether oxygens (including phenoxy) is 1. The molecule has 1 aliphatic heterocycles. The van der Waals surface area contributed by atoms with E-state index >= 15 is 0 Å². The Morgan fingerprint density at radius 1 is 1.15 bits per heavy atom. The van der Waals surface area contributed by atoms with Crippen molar-refractivity contribution in [2.24, 2.45) is 0 Å². The summed E-state index contributed by atoms with van der Waals surface area (Å²) in [7, 11) is 1.68. The van der Waals surface area contributed by atoms with Gasteiger partial charge in [-0.1, -0.05) is 12.1 Å². The Kier molecular flexibility index (Phi) is 5.73. The molecule has 6 heteroatoms. The maximum absolute atomic E-state index is 13.0. The molecule has 0 bridgehead atoms. The van der Waals surface area contributed by atoms with Crippen molar-refractivity contribution in [1.82, 2.24) is 0 Å². The Hall–Kier alpha value is -2.60. The second kappa shape index (κ2) is 8.19. The molecule has 1 amide bonds. The molecular formula is C20H25FN3O2+. The van der Waals surface area contributed by atoms with E-state index in [1.54, 1.807) is 19.2 Å². The molecule has 26 heavy (non-hydrogen) atoms. The normalized spacial score (nSPS) is 16.2. The minimum atomic E-state index is -0.311. The predicted octanol–water partition coefficient (Wildman–Crippen LogP) is 1.57. The van der Waals surface area contributed by atoms with Gasteiger partial charge in [0.1, 0.15) is 11.6 Å². The van der Waals surface area contributed by atoms with Crippen molar-refractivity contribution in [3.8, 4) is 5.75 Å². The lowest BCUT2D eigenvalue weighted by Crippen LogP contribution is -3.19. The first-order valence-electron chi connectivity index (χ1n) is 8.87. The molecule has 2 aromatic rings. The van der Waals surface area contributed by atoms with Gasteiger partial charge in [0, 0.05) is 5.69 Å². The number of halogens is 1. The summed E-state index contributed by atoms with van der Waals surface area (Å²) >= 11 is 0. The monoisotopic (exact) mass is 358 g/mol. The summed E-state index contributed by atoms with van der Waals surface area (Å²) in [6.45, 7) is 5.41. The van der Waals surface area contributed by atoms with Crippen LogP contribution in [0.15, 0.2) is 48.5 Å². The zero-order chi connectivity index (χ0) is 18.5. The van der Waals surface area contributed by atoms with Crippen LogP contribution in [-0.2, 0) is 4.79 Å². The number of carbonyl (C=O) groups is 1. The van der Waals surface area contributed by atoms with Crippen LogP contribution in [0.3, 0.4) is 0 Å². The zero-order valence-corrected chi connectivity index (χ0v) is 15.2. The van der Waals surface area contributed by atoms with Crippen LogP contribution in [0.2, 0.25) is 0 Å². The lowest BCUT2D eigenvalue weighted by molar-refractivity contribution is -0.914. The van der Waals surface area contributed by atoms with Gasteiger partial charge in [-0.3, -0.25) is 4.79 Å². The van der Waals surface area contributed by atoms with E-state index in [0.717, 1.165) is 37.6 Å². The Balaban J connectivity index is 1.57. The van der Waals surface area contributed by atoms with Crippen molar-refractivity contribution in [2.75, 3.05) is 43.5 Å². The molecule has 0 spiro atoms. The number of hydrogen-bond donors (Lipinski definition) is 2. The summed E-state index contributed by atoms with van der Waals surface area (Å²) in [5, 5.41) is 2.87. The first-order valence-corrected chi connectivity index (χ1v) is 8.87. The summed E-state index contributed by atoms with van der Waals surface area (Å²) in [5.74, 6) is 0.518. The van der Waals surface area contributed by atoms with Gasteiger partial charge in [-0.15, -0.1) is 0 Å². The molecule has 5 nitrogen and oxygen atoms in total. The molecule has 0 radical (unpaired) electrons. The number of nitrogens with one attached hydrogen (secondary N) is 2. The molecule has 0 saturated carbocycles. The van der Waals surface area contributed by atoms with Gasteiger partial charge in [-0.2, -0.15) is 0 Å². The molecule has 1 heterocycles. The lowest BCUT2D eigenvalue weighted by atomic mass is 10.2. The number of methoxy groups -OCH3 is 1. The molecule has 0 unspecified atom stereocenters. The van der Waals surface area contributed by atoms with Crippen molar-refractivity contribution in [1.29, 1.82) is 0 Å². The van der Waals surface area contributed by atoms with Gasteiger partial charge in [0.15, 0.2) is 6.04 Å². The van der Waals surface area contributed by atoms with E-state index in [2.05, 4.69) is 16.3 Å². The number of nitrogens with zero attached hydrogens (tertiary/aromatic N) is 1. The largest absolute Gasteiger partial charge is 0.495 e. The van der Waals surface area contributed by atoms with Crippen molar-refractivity contribution in [3.05, 3.63) is 54.3 Å².